The van der Waals surface area contributed by atoms with Crippen LogP contribution < -0.4 is 5.32 Å². The third-order valence-corrected chi connectivity index (χ3v) is 7.27. The number of rotatable bonds is 7. The molecule has 0 amide bonds. The molecule has 1 aromatic rings. The molecule has 4 atom stereocenters. The highest BCUT2D eigenvalue weighted by Crippen LogP contribution is 2.43. The molecule has 2 aliphatic rings. The SMILES string of the molecule is CC(C)[C@H](CN1CC[C@H](C2C=CC(Cl)CC2)C(C)(C)C1)NCc1cccnc1F. The lowest BCUT2D eigenvalue weighted by atomic mass is 9.65. The topological polar surface area (TPSA) is 28.2 Å². The number of hydrogen-bond donors (Lipinski definition) is 1. The number of allylic oxidation sites excluding steroid dienone is 2. The molecule has 1 aliphatic carbocycles. The summed E-state index contributed by atoms with van der Waals surface area (Å²) in [6, 6.07) is 3.93. The van der Waals surface area contributed by atoms with E-state index in [0.717, 1.165) is 26.1 Å². The summed E-state index contributed by atoms with van der Waals surface area (Å²) >= 11 is 6.26. The average molecular weight is 422 g/mol. The molecule has 1 aromatic heterocycles. The van der Waals surface area contributed by atoms with Crippen molar-refractivity contribution in [2.45, 2.75) is 64.9 Å². The summed E-state index contributed by atoms with van der Waals surface area (Å²) in [7, 11) is 0. The third kappa shape index (κ3) is 6.02. The first-order chi connectivity index (χ1) is 13.8. The van der Waals surface area contributed by atoms with Crippen molar-refractivity contribution >= 4 is 11.6 Å². The van der Waals surface area contributed by atoms with Crippen LogP contribution in [0.2, 0.25) is 0 Å². The van der Waals surface area contributed by atoms with Crippen molar-refractivity contribution < 1.29 is 4.39 Å². The molecular formula is C24H37ClFN3. The molecular weight excluding hydrogens is 385 g/mol. The van der Waals surface area contributed by atoms with Gasteiger partial charge in [-0.3, -0.25) is 0 Å². The predicted molar refractivity (Wildman–Crippen MR) is 119 cm³/mol. The highest BCUT2D eigenvalue weighted by atomic mass is 35.5. The van der Waals surface area contributed by atoms with Gasteiger partial charge in [-0.25, -0.2) is 4.98 Å². The maximum Gasteiger partial charge on any atom is 0.217 e. The highest BCUT2D eigenvalue weighted by Gasteiger charge is 2.40. The number of alkyl halides is 1. The third-order valence-electron chi connectivity index (χ3n) is 6.90. The quantitative estimate of drug-likeness (QED) is 0.370. The summed E-state index contributed by atoms with van der Waals surface area (Å²) in [5, 5.41) is 3.80. The minimum Gasteiger partial charge on any atom is -0.308 e. The maximum atomic E-state index is 13.9. The van der Waals surface area contributed by atoms with E-state index in [9.17, 15) is 4.39 Å². The fraction of sp³-hybridized carbons (Fsp3) is 0.708. The van der Waals surface area contributed by atoms with Gasteiger partial charge in [-0.15, -0.1) is 11.6 Å². The van der Waals surface area contributed by atoms with E-state index in [1.165, 1.54) is 19.0 Å². The molecule has 1 aliphatic heterocycles. The summed E-state index contributed by atoms with van der Waals surface area (Å²) in [4.78, 5) is 6.36. The fourth-order valence-electron chi connectivity index (χ4n) is 5.16. The molecule has 2 heterocycles. The van der Waals surface area contributed by atoms with Crippen LogP contribution in [0.5, 0.6) is 0 Å². The fourth-order valence-corrected chi connectivity index (χ4v) is 5.37. The van der Waals surface area contributed by atoms with E-state index in [1.54, 1.807) is 6.07 Å². The molecule has 0 radical (unpaired) electrons. The van der Waals surface area contributed by atoms with Gasteiger partial charge < -0.3 is 10.2 Å². The molecule has 0 aromatic carbocycles. The Morgan fingerprint density at radius 1 is 1.28 bits per heavy atom. The molecule has 1 fully saturated rings. The van der Waals surface area contributed by atoms with Crippen LogP contribution in [0, 0.1) is 29.1 Å². The number of nitrogens with zero attached hydrogens (tertiary/aromatic N) is 2. The zero-order chi connectivity index (χ0) is 21.0. The maximum absolute atomic E-state index is 13.9. The summed E-state index contributed by atoms with van der Waals surface area (Å²) in [6.45, 7) is 13.1. The molecule has 29 heavy (non-hydrogen) atoms. The molecule has 1 N–H and O–H groups in total. The zero-order valence-corrected chi connectivity index (χ0v) is 19.1. The van der Waals surface area contributed by atoms with E-state index in [2.05, 4.69) is 55.0 Å². The molecule has 3 rings (SSSR count). The van der Waals surface area contributed by atoms with Gasteiger partial charge in [0, 0.05) is 37.4 Å². The molecule has 0 spiro atoms. The van der Waals surface area contributed by atoms with Crippen LogP contribution in [-0.2, 0) is 6.54 Å². The van der Waals surface area contributed by atoms with Gasteiger partial charge in [0.25, 0.3) is 0 Å². The van der Waals surface area contributed by atoms with E-state index >= 15 is 0 Å². The molecule has 3 nitrogen and oxygen atoms in total. The van der Waals surface area contributed by atoms with Gasteiger partial charge in [0.15, 0.2) is 0 Å². The first-order valence-electron chi connectivity index (χ1n) is 11.1. The number of pyridine rings is 1. The first kappa shape index (κ1) is 22.7. The van der Waals surface area contributed by atoms with Gasteiger partial charge in [0.1, 0.15) is 0 Å². The van der Waals surface area contributed by atoms with Crippen LogP contribution in [0.4, 0.5) is 4.39 Å². The Hall–Kier alpha value is -0.970. The second kappa shape index (κ2) is 9.89. The van der Waals surface area contributed by atoms with Gasteiger partial charge in [0.2, 0.25) is 5.95 Å². The van der Waals surface area contributed by atoms with E-state index < -0.39 is 0 Å². The number of nitrogens with one attached hydrogen (secondary N) is 1. The van der Waals surface area contributed by atoms with Crippen molar-refractivity contribution in [3.8, 4) is 0 Å². The second-order valence-corrected chi connectivity index (χ2v) is 10.5. The number of piperidine rings is 1. The molecule has 2 unspecified atom stereocenters. The predicted octanol–water partition coefficient (Wildman–Crippen LogP) is 5.26. The molecule has 162 valence electrons. The van der Waals surface area contributed by atoms with Crippen molar-refractivity contribution in [1.82, 2.24) is 15.2 Å². The van der Waals surface area contributed by atoms with Gasteiger partial charge in [-0.05, 0) is 55.0 Å². The highest BCUT2D eigenvalue weighted by molar-refractivity contribution is 6.21. The number of likely N-dealkylation sites (tertiary alicyclic amines) is 1. The Balaban J connectivity index is 1.57. The second-order valence-electron chi connectivity index (χ2n) is 9.95. The van der Waals surface area contributed by atoms with Gasteiger partial charge in [-0.2, -0.15) is 4.39 Å². The van der Waals surface area contributed by atoms with Crippen molar-refractivity contribution in [3.05, 3.63) is 42.0 Å². The average Bonchev–Trinajstić information content (AvgIpc) is 2.66. The monoisotopic (exact) mass is 421 g/mol. The normalized spacial score (nSPS) is 28.6. The van der Waals surface area contributed by atoms with Crippen molar-refractivity contribution in [2.75, 3.05) is 19.6 Å². The van der Waals surface area contributed by atoms with Crippen LogP contribution in [0.3, 0.4) is 0 Å². The Morgan fingerprint density at radius 2 is 2.07 bits per heavy atom. The van der Waals surface area contributed by atoms with Crippen LogP contribution in [-0.4, -0.2) is 40.9 Å². The first-order valence-corrected chi connectivity index (χ1v) is 11.6. The summed E-state index contributed by atoms with van der Waals surface area (Å²) in [5.41, 5.74) is 0.919. The van der Waals surface area contributed by atoms with Crippen molar-refractivity contribution in [3.63, 3.8) is 0 Å². The van der Waals surface area contributed by atoms with Gasteiger partial charge >= 0.3 is 0 Å². The van der Waals surface area contributed by atoms with Crippen LogP contribution in [0.25, 0.3) is 0 Å². The Kier molecular flexibility index (Phi) is 7.75. The van der Waals surface area contributed by atoms with Gasteiger partial charge in [-0.1, -0.05) is 45.9 Å². The lowest BCUT2D eigenvalue weighted by molar-refractivity contribution is 0.0219. The van der Waals surface area contributed by atoms with Crippen molar-refractivity contribution in [1.29, 1.82) is 0 Å². The summed E-state index contributed by atoms with van der Waals surface area (Å²) in [6.07, 6.45) is 9.63. The van der Waals surface area contributed by atoms with E-state index in [0.29, 0.717) is 35.9 Å². The Morgan fingerprint density at radius 3 is 2.69 bits per heavy atom. The van der Waals surface area contributed by atoms with Crippen LogP contribution in [0.1, 0.15) is 52.5 Å². The van der Waals surface area contributed by atoms with Crippen molar-refractivity contribution in [2.24, 2.45) is 23.2 Å². The summed E-state index contributed by atoms with van der Waals surface area (Å²) < 4.78 is 13.9. The smallest absolute Gasteiger partial charge is 0.217 e. The standard InChI is InChI=1S/C24H37ClFN3/c1-17(2)22(28-14-19-6-5-12-27-23(19)26)15-29-13-11-21(24(3,4)16-29)18-7-9-20(25)10-8-18/h5-7,9,12,17-18,20-22,28H,8,10-11,13-16H2,1-4H3/t18?,20?,21-,22+/m1/s1. The number of halogens is 2. The Labute approximate surface area is 181 Å². The zero-order valence-electron chi connectivity index (χ0n) is 18.4. The molecule has 1 saturated heterocycles. The van der Waals surface area contributed by atoms with Gasteiger partial charge in [0.05, 0.1) is 5.38 Å². The molecule has 5 heteroatoms. The minimum atomic E-state index is -0.371. The van der Waals surface area contributed by atoms with E-state index in [-0.39, 0.29) is 16.7 Å². The van der Waals surface area contributed by atoms with E-state index in [1.807, 2.05) is 6.07 Å². The lowest BCUT2D eigenvalue weighted by Crippen LogP contribution is -2.52. The molecule has 0 saturated carbocycles. The van der Waals surface area contributed by atoms with Crippen LogP contribution >= 0.6 is 11.6 Å². The summed E-state index contributed by atoms with van der Waals surface area (Å²) in [5.74, 6) is 1.49. The van der Waals surface area contributed by atoms with Crippen LogP contribution in [0.15, 0.2) is 30.5 Å². The largest absolute Gasteiger partial charge is 0.308 e. The number of aromatic nitrogens is 1. The van der Waals surface area contributed by atoms with E-state index in [4.69, 9.17) is 11.6 Å². The minimum absolute atomic E-state index is 0.219. The number of hydrogen-bond acceptors (Lipinski definition) is 3. The molecule has 0 bridgehead atoms. The lowest BCUT2D eigenvalue weighted by Gasteiger charge is -2.48. The Bertz CT molecular complexity index is 690.